The number of hydrogen-bond acceptors (Lipinski definition) is 2. The summed E-state index contributed by atoms with van der Waals surface area (Å²) < 4.78 is 5.02. The van der Waals surface area contributed by atoms with E-state index in [0.717, 1.165) is 6.42 Å². The van der Waals surface area contributed by atoms with Crippen molar-refractivity contribution in [3.05, 3.63) is 12.2 Å². The Hall–Kier alpha value is -0.790. The molecule has 1 aliphatic heterocycles. The molecule has 1 heterocycles. The summed E-state index contributed by atoms with van der Waals surface area (Å²) in [5.74, 6) is 0.221. The molecule has 1 atom stereocenters. The van der Waals surface area contributed by atoms with Crippen molar-refractivity contribution >= 4 is 5.97 Å². The summed E-state index contributed by atoms with van der Waals surface area (Å²) in [6.07, 6.45) is 4.32. The van der Waals surface area contributed by atoms with Crippen LogP contribution in [0.4, 0.5) is 0 Å². The molecule has 0 bridgehead atoms. The van der Waals surface area contributed by atoms with Gasteiger partial charge in [-0.05, 0) is 5.92 Å². The first-order valence-corrected chi connectivity index (χ1v) is 3.57. The number of esters is 1. The van der Waals surface area contributed by atoms with Crippen LogP contribution in [-0.2, 0) is 9.53 Å². The van der Waals surface area contributed by atoms with Crippen molar-refractivity contribution in [2.24, 2.45) is 5.92 Å². The summed E-state index contributed by atoms with van der Waals surface area (Å²) in [5, 5.41) is 0. The molecule has 56 valence electrons. The molecule has 0 amide bonds. The normalized spacial score (nSPS) is 25.1. The van der Waals surface area contributed by atoms with Gasteiger partial charge < -0.3 is 4.74 Å². The van der Waals surface area contributed by atoms with E-state index in [-0.39, 0.29) is 12.1 Å². The lowest BCUT2D eigenvalue weighted by atomic mass is 10.0. The summed E-state index contributed by atoms with van der Waals surface area (Å²) in [5.41, 5.74) is 0. The zero-order valence-electron chi connectivity index (χ0n) is 6.33. The molecule has 2 heteroatoms. The monoisotopic (exact) mass is 140 g/mol. The van der Waals surface area contributed by atoms with Gasteiger partial charge in [-0.1, -0.05) is 19.9 Å². The maximum atomic E-state index is 10.7. The fraction of sp³-hybridized carbons (Fsp3) is 0.625. The molecule has 0 aliphatic carbocycles. The van der Waals surface area contributed by atoms with Crippen molar-refractivity contribution in [2.45, 2.75) is 26.4 Å². The van der Waals surface area contributed by atoms with Crippen molar-refractivity contribution in [1.29, 1.82) is 0 Å². The molecule has 1 rings (SSSR count). The van der Waals surface area contributed by atoms with Gasteiger partial charge in [0.05, 0.1) is 0 Å². The quantitative estimate of drug-likeness (QED) is 0.516. The van der Waals surface area contributed by atoms with Crippen molar-refractivity contribution in [3.8, 4) is 0 Å². The van der Waals surface area contributed by atoms with Gasteiger partial charge in [0.2, 0.25) is 0 Å². The molecule has 0 saturated heterocycles. The number of cyclic esters (lactones) is 1. The number of ether oxygens (including phenoxy) is 1. The Morgan fingerprint density at radius 1 is 1.70 bits per heavy atom. The molecule has 2 nitrogen and oxygen atoms in total. The molecule has 1 aliphatic rings. The van der Waals surface area contributed by atoms with Crippen LogP contribution >= 0.6 is 0 Å². The highest BCUT2D eigenvalue weighted by Gasteiger charge is 2.18. The van der Waals surface area contributed by atoms with E-state index in [0.29, 0.717) is 5.92 Å². The minimum absolute atomic E-state index is 0.0949. The standard InChI is InChI=1S/C8H12O2/c1-6(2)7-4-3-5-8(9)10-7/h3,5-7H,4H2,1-2H3. The highest BCUT2D eigenvalue weighted by molar-refractivity contribution is 5.82. The van der Waals surface area contributed by atoms with E-state index in [1.807, 2.05) is 6.08 Å². The lowest BCUT2D eigenvalue weighted by molar-refractivity contribution is -0.146. The third-order valence-electron chi connectivity index (χ3n) is 1.63. The molecule has 10 heavy (non-hydrogen) atoms. The maximum absolute atomic E-state index is 10.7. The SMILES string of the molecule is CC(C)C1CC=CC(=O)O1. The van der Waals surface area contributed by atoms with Gasteiger partial charge in [-0.3, -0.25) is 0 Å². The largest absolute Gasteiger partial charge is 0.459 e. The second-order valence-corrected chi connectivity index (χ2v) is 2.86. The van der Waals surface area contributed by atoms with Crippen LogP contribution in [0.2, 0.25) is 0 Å². The predicted octanol–water partition coefficient (Wildman–Crippen LogP) is 1.51. The van der Waals surface area contributed by atoms with E-state index in [9.17, 15) is 4.79 Å². The third kappa shape index (κ3) is 1.59. The first-order chi connectivity index (χ1) is 4.70. The van der Waals surface area contributed by atoms with Crippen LogP contribution in [-0.4, -0.2) is 12.1 Å². The molecule has 0 fully saturated rings. The summed E-state index contributed by atoms with van der Waals surface area (Å²) in [6, 6.07) is 0. The van der Waals surface area contributed by atoms with Gasteiger partial charge in [0.15, 0.2) is 0 Å². The zero-order valence-corrected chi connectivity index (χ0v) is 6.33. The van der Waals surface area contributed by atoms with E-state index in [4.69, 9.17) is 4.74 Å². The Morgan fingerprint density at radius 3 is 2.80 bits per heavy atom. The lowest BCUT2D eigenvalue weighted by Crippen LogP contribution is -2.24. The van der Waals surface area contributed by atoms with Gasteiger partial charge in [-0.25, -0.2) is 4.79 Å². The van der Waals surface area contributed by atoms with E-state index in [2.05, 4.69) is 13.8 Å². The minimum atomic E-state index is -0.204. The molecule has 0 radical (unpaired) electrons. The van der Waals surface area contributed by atoms with Gasteiger partial charge in [0.25, 0.3) is 0 Å². The fourth-order valence-corrected chi connectivity index (χ4v) is 0.943. The van der Waals surface area contributed by atoms with Crippen LogP contribution in [0.25, 0.3) is 0 Å². The van der Waals surface area contributed by atoms with Crippen LogP contribution in [0.3, 0.4) is 0 Å². The van der Waals surface area contributed by atoms with Gasteiger partial charge in [-0.2, -0.15) is 0 Å². The first kappa shape index (κ1) is 7.32. The average molecular weight is 140 g/mol. The first-order valence-electron chi connectivity index (χ1n) is 3.57. The maximum Gasteiger partial charge on any atom is 0.330 e. The van der Waals surface area contributed by atoms with E-state index in [1.165, 1.54) is 6.08 Å². The Balaban J connectivity index is 2.52. The van der Waals surface area contributed by atoms with Gasteiger partial charge in [-0.15, -0.1) is 0 Å². The number of hydrogen-bond donors (Lipinski definition) is 0. The number of carbonyl (C=O) groups excluding carboxylic acids is 1. The average Bonchev–Trinajstić information content (AvgIpc) is 1.88. The molecule has 0 aromatic rings. The Morgan fingerprint density at radius 2 is 2.40 bits per heavy atom. The van der Waals surface area contributed by atoms with Crippen molar-refractivity contribution < 1.29 is 9.53 Å². The minimum Gasteiger partial charge on any atom is -0.459 e. The molecule has 0 spiro atoms. The summed E-state index contributed by atoms with van der Waals surface area (Å²) in [6.45, 7) is 4.11. The molecule has 0 saturated carbocycles. The van der Waals surface area contributed by atoms with Gasteiger partial charge in [0.1, 0.15) is 6.10 Å². The van der Waals surface area contributed by atoms with E-state index in [1.54, 1.807) is 0 Å². The van der Waals surface area contributed by atoms with Gasteiger partial charge in [0, 0.05) is 12.5 Å². The van der Waals surface area contributed by atoms with Crippen LogP contribution in [0.1, 0.15) is 20.3 Å². The predicted molar refractivity (Wildman–Crippen MR) is 38.5 cm³/mol. The Labute approximate surface area is 60.9 Å². The smallest absolute Gasteiger partial charge is 0.330 e. The van der Waals surface area contributed by atoms with Crippen molar-refractivity contribution in [2.75, 3.05) is 0 Å². The molecule has 0 aromatic carbocycles. The van der Waals surface area contributed by atoms with Crippen LogP contribution < -0.4 is 0 Å². The lowest BCUT2D eigenvalue weighted by Gasteiger charge is -2.21. The number of rotatable bonds is 1. The fourth-order valence-electron chi connectivity index (χ4n) is 0.943. The van der Waals surface area contributed by atoms with E-state index >= 15 is 0 Å². The van der Waals surface area contributed by atoms with Crippen LogP contribution in [0.15, 0.2) is 12.2 Å². The van der Waals surface area contributed by atoms with Crippen LogP contribution in [0.5, 0.6) is 0 Å². The molecule has 0 aromatic heterocycles. The molecule has 1 unspecified atom stereocenters. The summed E-state index contributed by atoms with van der Waals surface area (Å²) >= 11 is 0. The second kappa shape index (κ2) is 2.86. The third-order valence-corrected chi connectivity index (χ3v) is 1.63. The Kier molecular flexibility index (Phi) is 2.10. The highest BCUT2D eigenvalue weighted by Crippen LogP contribution is 2.15. The molecular formula is C8H12O2. The second-order valence-electron chi connectivity index (χ2n) is 2.86. The zero-order chi connectivity index (χ0) is 7.56. The van der Waals surface area contributed by atoms with E-state index < -0.39 is 0 Å². The Bertz CT molecular complexity index is 159. The summed E-state index contributed by atoms with van der Waals surface area (Å²) in [7, 11) is 0. The molecular weight excluding hydrogens is 128 g/mol. The van der Waals surface area contributed by atoms with Gasteiger partial charge >= 0.3 is 5.97 Å². The van der Waals surface area contributed by atoms with Crippen LogP contribution in [0, 0.1) is 5.92 Å². The topological polar surface area (TPSA) is 26.3 Å². The van der Waals surface area contributed by atoms with Crippen molar-refractivity contribution in [3.63, 3.8) is 0 Å². The van der Waals surface area contributed by atoms with Crippen molar-refractivity contribution in [1.82, 2.24) is 0 Å². The molecule has 0 N–H and O–H groups in total. The summed E-state index contributed by atoms with van der Waals surface area (Å²) in [4.78, 5) is 10.7. The number of carbonyl (C=O) groups is 1. The highest BCUT2D eigenvalue weighted by atomic mass is 16.5.